The summed E-state index contributed by atoms with van der Waals surface area (Å²) in [5, 5.41) is 0.936. The number of aromatic nitrogens is 3. The van der Waals surface area contributed by atoms with Crippen LogP contribution in [0.25, 0.3) is 11.0 Å². The van der Waals surface area contributed by atoms with Crippen LogP contribution in [0.3, 0.4) is 0 Å². The summed E-state index contributed by atoms with van der Waals surface area (Å²) in [5.74, 6) is 0.714. The van der Waals surface area contributed by atoms with Gasteiger partial charge in [0.25, 0.3) is 5.56 Å². The maximum absolute atomic E-state index is 12.5. The van der Waals surface area contributed by atoms with Crippen LogP contribution in [0.15, 0.2) is 15.8 Å². The standard InChI is InChI=1S/C15H19N3OS/c1-9-12-8-13(20)15(19)18(11-6-4-3-5-7-11)14(12)17-10(2)16-9/h8,11,20H,3-7H2,1-2H3. The van der Waals surface area contributed by atoms with Crippen molar-refractivity contribution < 1.29 is 0 Å². The highest BCUT2D eigenvalue weighted by Crippen LogP contribution is 2.30. The van der Waals surface area contributed by atoms with Crippen LogP contribution >= 0.6 is 12.6 Å². The van der Waals surface area contributed by atoms with E-state index in [4.69, 9.17) is 0 Å². The second kappa shape index (κ2) is 5.20. The van der Waals surface area contributed by atoms with Gasteiger partial charge in [-0.3, -0.25) is 9.36 Å². The van der Waals surface area contributed by atoms with Crippen LogP contribution in [0.1, 0.15) is 49.7 Å². The molecule has 2 heterocycles. The van der Waals surface area contributed by atoms with Crippen molar-refractivity contribution in [1.29, 1.82) is 0 Å². The van der Waals surface area contributed by atoms with E-state index in [2.05, 4.69) is 22.6 Å². The molecule has 1 saturated carbocycles. The zero-order chi connectivity index (χ0) is 14.3. The maximum atomic E-state index is 12.5. The van der Waals surface area contributed by atoms with Gasteiger partial charge >= 0.3 is 0 Å². The molecule has 1 aliphatic carbocycles. The number of thiol groups is 1. The molecule has 4 nitrogen and oxygen atoms in total. The molecular weight excluding hydrogens is 270 g/mol. The van der Waals surface area contributed by atoms with Crippen molar-refractivity contribution in [2.45, 2.75) is 56.9 Å². The number of hydrogen-bond donors (Lipinski definition) is 1. The van der Waals surface area contributed by atoms with Crippen molar-refractivity contribution in [3.63, 3.8) is 0 Å². The normalized spacial score (nSPS) is 16.8. The Bertz CT molecular complexity index is 717. The monoisotopic (exact) mass is 289 g/mol. The lowest BCUT2D eigenvalue weighted by atomic mass is 9.95. The minimum Gasteiger partial charge on any atom is -0.289 e. The highest BCUT2D eigenvalue weighted by molar-refractivity contribution is 7.80. The summed E-state index contributed by atoms with van der Waals surface area (Å²) < 4.78 is 1.86. The predicted molar refractivity (Wildman–Crippen MR) is 82.6 cm³/mol. The van der Waals surface area contributed by atoms with E-state index in [0.29, 0.717) is 10.7 Å². The number of nitrogens with zero attached hydrogens (tertiary/aromatic N) is 3. The third-order valence-electron chi connectivity index (χ3n) is 4.11. The third-order valence-corrected chi connectivity index (χ3v) is 4.44. The van der Waals surface area contributed by atoms with Gasteiger partial charge in [0.1, 0.15) is 11.5 Å². The van der Waals surface area contributed by atoms with E-state index in [9.17, 15) is 4.79 Å². The van der Waals surface area contributed by atoms with Crippen LogP contribution in [0.2, 0.25) is 0 Å². The summed E-state index contributed by atoms with van der Waals surface area (Å²) in [6, 6.07) is 2.05. The van der Waals surface area contributed by atoms with Crippen molar-refractivity contribution in [3.8, 4) is 0 Å². The molecule has 0 radical (unpaired) electrons. The molecule has 1 fully saturated rings. The Morgan fingerprint density at radius 2 is 1.90 bits per heavy atom. The minimum absolute atomic E-state index is 0.0229. The predicted octanol–water partition coefficient (Wildman–Crippen LogP) is 3.20. The molecule has 0 atom stereocenters. The molecule has 1 aliphatic rings. The van der Waals surface area contributed by atoms with Crippen LogP contribution < -0.4 is 5.56 Å². The largest absolute Gasteiger partial charge is 0.289 e. The number of pyridine rings is 1. The molecule has 0 aromatic carbocycles. The lowest BCUT2D eigenvalue weighted by Crippen LogP contribution is -2.28. The quantitative estimate of drug-likeness (QED) is 0.820. The number of hydrogen-bond acceptors (Lipinski definition) is 4. The van der Waals surface area contributed by atoms with Gasteiger partial charge in [-0.2, -0.15) is 0 Å². The number of rotatable bonds is 1. The second-order valence-corrected chi connectivity index (χ2v) is 6.07. The molecule has 0 unspecified atom stereocenters. The second-order valence-electron chi connectivity index (χ2n) is 5.59. The molecule has 0 spiro atoms. The van der Waals surface area contributed by atoms with E-state index in [1.54, 1.807) is 6.07 Å². The summed E-state index contributed by atoms with van der Waals surface area (Å²) >= 11 is 4.35. The average molecular weight is 289 g/mol. The van der Waals surface area contributed by atoms with Crippen molar-refractivity contribution in [1.82, 2.24) is 14.5 Å². The van der Waals surface area contributed by atoms with Gasteiger partial charge in [-0.15, -0.1) is 12.6 Å². The first kappa shape index (κ1) is 13.6. The third kappa shape index (κ3) is 2.24. The Labute approximate surface area is 123 Å². The fraction of sp³-hybridized carbons (Fsp3) is 0.533. The highest BCUT2D eigenvalue weighted by atomic mass is 32.1. The summed E-state index contributed by atoms with van der Waals surface area (Å²) in [4.78, 5) is 21.9. The molecular formula is C15H19N3OS. The zero-order valence-corrected chi connectivity index (χ0v) is 12.8. The van der Waals surface area contributed by atoms with Crippen LogP contribution in [-0.2, 0) is 0 Å². The van der Waals surface area contributed by atoms with Gasteiger partial charge in [0.15, 0.2) is 0 Å². The molecule has 0 amide bonds. The molecule has 106 valence electrons. The van der Waals surface area contributed by atoms with Gasteiger partial charge in [0.2, 0.25) is 0 Å². The summed E-state index contributed by atoms with van der Waals surface area (Å²) in [6.07, 6.45) is 5.72. The summed E-state index contributed by atoms with van der Waals surface area (Å²) in [7, 11) is 0. The van der Waals surface area contributed by atoms with Crippen molar-refractivity contribution in [3.05, 3.63) is 27.9 Å². The fourth-order valence-corrected chi connectivity index (χ4v) is 3.39. The van der Waals surface area contributed by atoms with Crippen molar-refractivity contribution in [2.24, 2.45) is 0 Å². The zero-order valence-electron chi connectivity index (χ0n) is 11.9. The molecule has 20 heavy (non-hydrogen) atoms. The van der Waals surface area contributed by atoms with E-state index < -0.39 is 0 Å². The van der Waals surface area contributed by atoms with E-state index in [1.807, 2.05) is 18.4 Å². The van der Waals surface area contributed by atoms with Crippen LogP contribution in [0.4, 0.5) is 0 Å². The van der Waals surface area contributed by atoms with Crippen LogP contribution in [0.5, 0.6) is 0 Å². The van der Waals surface area contributed by atoms with Gasteiger partial charge in [0, 0.05) is 11.4 Å². The van der Waals surface area contributed by atoms with Gasteiger partial charge in [0.05, 0.1) is 10.6 Å². The molecule has 2 aromatic heterocycles. The average Bonchev–Trinajstić information content (AvgIpc) is 2.42. The van der Waals surface area contributed by atoms with E-state index >= 15 is 0 Å². The highest BCUT2D eigenvalue weighted by Gasteiger charge is 2.21. The Kier molecular flexibility index (Phi) is 3.54. The first-order chi connectivity index (χ1) is 9.58. The first-order valence-corrected chi connectivity index (χ1v) is 7.62. The SMILES string of the molecule is Cc1nc(C)c2cc(S)c(=O)n(C3CCCCC3)c2n1. The van der Waals surface area contributed by atoms with Gasteiger partial charge in [-0.1, -0.05) is 19.3 Å². The molecule has 2 aromatic rings. The number of fused-ring (bicyclic) bond motifs is 1. The smallest absolute Gasteiger partial charge is 0.265 e. The Balaban J connectivity index is 2.32. The Morgan fingerprint density at radius 3 is 2.60 bits per heavy atom. The van der Waals surface area contributed by atoms with Crippen LogP contribution in [0, 0.1) is 13.8 Å². The molecule has 5 heteroatoms. The Morgan fingerprint density at radius 1 is 1.20 bits per heavy atom. The van der Waals surface area contributed by atoms with Gasteiger partial charge in [-0.05, 0) is 32.8 Å². The number of aryl methyl sites for hydroxylation is 2. The topological polar surface area (TPSA) is 47.8 Å². The van der Waals surface area contributed by atoms with E-state index in [1.165, 1.54) is 19.3 Å². The van der Waals surface area contributed by atoms with E-state index in [0.717, 1.165) is 29.6 Å². The first-order valence-electron chi connectivity index (χ1n) is 7.17. The lowest BCUT2D eigenvalue weighted by molar-refractivity contribution is 0.351. The van der Waals surface area contributed by atoms with Crippen molar-refractivity contribution in [2.75, 3.05) is 0 Å². The Hall–Kier alpha value is -1.36. The van der Waals surface area contributed by atoms with Crippen molar-refractivity contribution >= 4 is 23.7 Å². The maximum Gasteiger partial charge on any atom is 0.265 e. The molecule has 0 saturated heterocycles. The lowest BCUT2D eigenvalue weighted by Gasteiger charge is -2.25. The summed E-state index contributed by atoms with van der Waals surface area (Å²) in [6.45, 7) is 3.83. The minimum atomic E-state index is -0.0229. The molecule has 0 bridgehead atoms. The van der Waals surface area contributed by atoms with Crippen LogP contribution in [-0.4, -0.2) is 14.5 Å². The van der Waals surface area contributed by atoms with Gasteiger partial charge in [-0.25, -0.2) is 9.97 Å². The summed E-state index contributed by atoms with van der Waals surface area (Å²) in [5.41, 5.74) is 1.65. The molecule has 3 rings (SSSR count). The van der Waals surface area contributed by atoms with E-state index in [-0.39, 0.29) is 11.6 Å². The molecule has 0 N–H and O–H groups in total. The van der Waals surface area contributed by atoms with Gasteiger partial charge < -0.3 is 0 Å². The molecule has 0 aliphatic heterocycles. The fourth-order valence-electron chi connectivity index (χ4n) is 3.15.